The monoisotopic (exact) mass is 397 g/mol. The Morgan fingerprint density at radius 1 is 1.08 bits per heavy atom. The van der Waals surface area contributed by atoms with Gasteiger partial charge in [0.25, 0.3) is 0 Å². The summed E-state index contributed by atoms with van der Waals surface area (Å²) in [7, 11) is -3.66. The van der Waals surface area contributed by atoms with Gasteiger partial charge in [-0.1, -0.05) is 11.6 Å². The molecule has 0 radical (unpaired) electrons. The molecule has 1 heterocycles. The minimum Gasteiger partial charge on any atom is -0.492 e. The van der Waals surface area contributed by atoms with Crippen LogP contribution in [0.2, 0.25) is 5.02 Å². The van der Waals surface area contributed by atoms with Crippen LogP contribution < -0.4 is 18.9 Å². The molecule has 0 bridgehead atoms. The Morgan fingerprint density at radius 2 is 1.73 bits per heavy atom. The molecule has 0 amide bonds. The molecule has 1 N–H and O–H groups in total. The summed E-state index contributed by atoms with van der Waals surface area (Å²) >= 11 is 6.12. The number of sulfonamides is 1. The number of ether oxygens (including phenoxy) is 3. The third kappa shape index (κ3) is 4.23. The highest BCUT2D eigenvalue weighted by Crippen LogP contribution is 2.32. The molecule has 0 spiro atoms. The van der Waals surface area contributed by atoms with E-state index in [2.05, 4.69) is 4.72 Å². The number of aryl methyl sites for hydroxylation is 2. The molecule has 0 saturated carbocycles. The molecule has 140 valence electrons. The first-order valence-electron chi connectivity index (χ1n) is 8.16. The largest absolute Gasteiger partial charge is 0.492 e. The molecule has 0 unspecified atom stereocenters. The summed E-state index contributed by atoms with van der Waals surface area (Å²) in [5.41, 5.74) is 1.83. The molecule has 1 aliphatic rings. The number of hydrogen-bond donors (Lipinski definition) is 1. The molecule has 3 rings (SSSR count). The number of rotatable bonds is 6. The number of fused-ring (bicyclic) bond motifs is 1. The second-order valence-electron chi connectivity index (χ2n) is 5.92. The highest BCUT2D eigenvalue weighted by Gasteiger charge is 2.19. The summed E-state index contributed by atoms with van der Waals surface area (Å²) in [5, 5.41) is 0.705. The molecule has 8 heteroatoms. The van der Waals surface area contributed by atoms with Crippen molar-refractivity contribution in [2.24, 2.45) is 0 Å². The van der Waals surface area contributed by atoms with Crippen molar-refractivity contribution in [2.45, 2.75) is 18.7 Å². The van der Waals surface area contributed by atoms with E-state index in [1.54, 1.807) is 6.07 Å². The maximum atomic E-state index is 12.4. The topological polar surface area (TPSA) is 73.9 Å². The van der Waals surface area contributed by atoms with Crippen LogP contribution in [0.25, 0.3) is 0 Å². The van der Waals surface area contributed by atoms with Crippen LogP contribution in [-0.4, -0.2) is 34.8 Å². The number of nitrogens with one attached hydrogen (secondary N) is 1. The first-order valence-corrected chi connectivity index (χ1v) is 10.0. The Morgan fingerprint density at radius 3 is 2.42 bits per heavy atom. The molecular formula is C18H20ClNO5S. The SMILES string of the molecule is Cc1cc(OCCNS(=O)(=O)c2ccc3c(c2)OCCO3)cc(C)c1Cl. The third-order valence-electron chi connectivity index (χ3n) is 3.90. The fourth-order valence-corrected chi connectivity index (χ4v) is 3.75. The van der Waals surface area contributed by atoms with E-state index in [0.717, 1.165) is 11.1 Å². The minimum absolute atomic E-state index is 0.125. The quantitative estimate of drug-likeness (QED) is 0.758. The van der Waals surface area contributed by atoms with Crippen molar-refractivity contribution < 1.29 is 22.6 Å². The van der Waals surface area contributed by atoms with Gasteiger partial charge in [0.15, 0.2) is 11.5 Å². The van der Waals surface area contributed by atoms with Crippen LogP contribution in [0, 0.1) is 13.8 Å². The highest BCUT2D eigenvalue weighted by molar-refractivity contribution is 7.89. The van der Waals surface area contributed by atoms with Crippen LogP contribution in [0.1, 0.15) is 11.1 Å². The van der Waals surface area contributed by atoms with Crippen LogP contribution in [-0.2, 0) is 10.0 Å². The zero-order valence-electron chi connectivity index (χ0n) is 14.5. The standard InChI is InChI=1S/C18H20ClNO5S/c1-12-9-14(10-13(2)18(12)19)23-6-5-20-26(21,22)15-3-4-16-17(11-15)25-8-7-24-16/h3-4,9-11,20H,5-8H2,1-2H3. The van der Waals surface area contributed by atoms with E-state index < -0.39 is 10.0 Å². The van der Waals surface area contributed by atoms with Crippen molar-refractivity contribution in [1.82, 2.24) is 4.72 Å². The summed E-state index contributed by atoms with van der Waals surface area (Å²) in [5.74, 6) is 1.64. The Bertz CT molecular complexity index is 891. The average Bonchev–Trinajstić information content (AvgIpc) is 2.62. The smallest absolute Gasteiger partial charge is 0.240 e. The average molecular weight is 398 g/mol. The minimum atomic E-state index is -3.66. The second-order valence-corrected chi connectivity index (χ2v) is 8.07. The van der Waals surface area contributed by atoms with E-state index in [0.29, 0.717) is 35.5 Å². The lowest BCUT2D eigenvalue weighted by molar-refractivity contribution is 0.171. The summed E-state index contributed by atoms with van der Waals surface area (Å²) in [6, 6.07) is 8.19. The zero-order chi connectivity index (χ0) is 18.7. The van der Waals surface area contributed by atoms with Gasteiger partial charge in [-0.05, 0) is 49.2 Å². The van der Waals surface area contributed by atoms with Gasteiger partial charge in [0, 0.05) is 17.6 Å². The summed E-state index contributed by atoms with van der Waals surface area (Å²) in [6.45, 7) is 4.98. The first kappa shape index (κ1) is 18.8. The zero-order valence-corrected chi connectivity index (χ0v) is 16.1. The lowest BCUT2D eigenvalue weighted by atomic mass is 10.1. The van der Waals surface area contributed by atoms with Gasteiger partial charge in [-0.15, -0.1) is 0 Å². The Labute approximate surface area is 158 Å². The second kappa shape index (κ2) is 7.73. The number of halogens is 1. The lowest BCUT2D eigenvalue weighted by Crippen LogP contribution is -2.28. The van der Waals surface area contributed by atoms with Gasteiger partial charge in [-0.2, -0.15) is 0 Å². The van der Waals surface area contributed by atoms with Crippen LogP contribution >= 0.6 is 11.6 Å². The Balaban J connectivity index is 1.59. The van der Waals surface area contributed by atoms with Crippen LogP contribution in [0.3, 0.4) is 0 Å². The Hall–Kier alpha value is -1.96. The van der Waals surface area contributed by atoms with Crippen LogP contribution in [0.5, 0.6) is 17.2 Å². The maximum Gasteiger partial charge on any atom is 0.240 e. The predicted octanol–water partition coefficient (Wildman–Crippen LogP) is 3.09. The van der Waals surface area contributed by atoms with E-state index in [9.17, 15) is 8.42 Å². The molecular weight excluding hydrogens is 378 g/mol. The normalized spacial score (nSPS) is 13.5. The van der Waals surface area contributed by atoms with Crippen molar-refractivity contribution >= 4 is 21.6 Å². The van der Waals surface area contributed by atoms with Crippen LogP contribution in [0.4, 0.5) is 0 Å². The van der Waals surface area contributed by atoms with Gasteiger partial charge in [0.2, 0.25) is 10.0 Å². The first-order chi connectivity index (χ1) is 12.4. The van der Waals surface area contributed by atoms with Gasteiger partial charge in [-0.25, -0.2) is 13.1 Å². The molecule has 0 atom stereocenters. The molecule has 0 saturated heterocycles. The number of hydrogen-bond acceptors (Lipinski definition) is 5. The van der Waals surface area contributed by atoms with E-state index in [1.807, 2.05) is 26.0 Å². The van der Waals surface area contributed by atoms with Crippen molar-refractivity contribution in [3.8, 4) is 17.2 Å². The summed E-state index contributed by atoms with van der Waals surface area (Å²) in [4.78, 5) is 0.125. The van der Waals surface area contributed by atoms with Crippen molar-refractivity contribution in [2.75, 3.05) is 26.4 Å². The molecule has 1 aliphatic heterocycles. The van der Waals surface area contributed by atoms with E-state index in [1.165, 1.54) is 12.1 Å². The summed E-state index contributed by atoms with van der Waals surface area (Å²) in [6.07, 6.45) is 0. The Kier molecular flexibility index (Phi) is 5.60. The van der Waals surface area contributed by atoms with Crippen molar-refractivity contribution in [1.29, 1.82) is 0 Å². The van der Waals surface area contributed by atoms with E-state index in [-0.39, 0.29) is 18.0 Å². The van der Waals surface area contributed by atoms with E-state index >= 15 is 0 Å². The third-order valence-corrected chi connectivity index (χ3v) is 5.95. The maximum absolute atomic E-state index is 12.4. The molecule has 0 aromatic heterocycles. The van der Waals surface area contributed by atoms with Gasteiger partial charge in [-0.3, -0.25) is 0 Å². The van der Waals surface area contributed by atoms with Crippen LogP contribution in [0.15, 0.2) is 35.2 Å². The number of benzene rings is 2. The molecule has 6 nitrogen and oxygen atoms in total. The van der Waals surface area contributed by atoms with Gasteiger partial charge >= 0.3 is 0 Å². The molecule has 0 aliphatic carbocycles. The summed E-state index contributed by atoms with van der Waals surface area (Å²) < 4.78 is 43.8. The molecule has 2 aromatic rings. The van der Waals surface area contributed by atoms with Gasteiger partial charge in [0.1, 0.15) is 25.6 Å². The molecule has 2 aromatic carbocycles. The molecule has 26 heavy (non-hydrogen) atoms. The molecule has 0 fully saturated rings. The van der Waals surface area contributed by atoms with Crippen molar-refractivity contribution in [3.63, 3.8) is 0 Å². The van der Waals surface area contributed by atoms with Crippen molar-refractivity contribution in [3.05, 3.63) is 46.5 Å². The van der Waals surface area contributed by atoms with Gasteiger partial charge < -0.3 is 14.2 Å². The highest BCUT2D eigenvalue weighted by atomic mass is 35.5. The van der Waals surface area contributed by atoms with E-state index in [4.69, 9.17) is 25.8 Å². The predicted molar refractivity (Wildman–Crippen MR) is 99.0 cm³/mol. The fraction of sp³-hybridized carbons (Fsp3) is 0.333. The fourth-order valence-electron chi connectivity index (χ4n) is 2.61. The van der Waals surface area contributed by atoms with Gasteiger partial charge in [0.05, 0.1) is 4.90 Å². The lowest BCUT2D eigenvalue weighted by Gasteiger charge is -2.19.